The number of amides is 1. The highest BCUT2D eigenvalue weighted by Crippen LogP contribution is 2.55. The summed E-state index contributed by atoms with van der Waals surface area (Å²) in [4.78, 5) is 26.8. The fourth-order valence-corrected chi connectivity index (χ4v) is 4.80. The van der Waals surface area contributed by atoms with Gasteiger partial charge in [0, 0.05) is 13.1 Å². The molecule has 0 saturated carbocycles. The zero-order valence-electron chi connectivity index (χ0n) is 24.9. The van der Waals surface area contributed by atoms with E-state index in [0.717, 1.165) is 11.1 Å². The van der Waals surface area contributed by atoms with Crippen LogP contribution in [0.3, 0.4) is 0 Å². The van der Waals surface area contributed by atoms with Crippen molar-refractivity contribution < 1.29 is 41.9 Å². The second-order valence-electron chi connectivity index (χ2n) is 11.8. The van der Waals surface area contributed by atoms with E-state index in [1.807, 2.05) is 24.3 Å². The van der Waals surface area contributed by atoms with Crippen LogP contribution in [-0.4, -0.2) is 53.7 Å². The third kappa shape index (κ3) is 15.8. The maximum absolute atomic E-state index is 13.3. The van der Waals surface area contributed by atoms with Crippen LogP contribution in [0.15, 0.2) is 36.9 Å². The molecule has 1 rings (SSSR count). The molecule has 0 heterocycles. The number of esters is 1. The van der Waals surface area contributed by atoms with E-state index in [2.05, 4.69) is 6.58 Å². The first-order valence-electron chi connectivity index (χ1n) is 12.9. The third-order valence-electron chi connectivity index (χ3n) is 4.40. The Bertz CT molecular complexity index is 970. The Labute approximate surface area is 233 Å². The van der Waals surface area contributed by atoms with Crippen LogP contribution >= 0.6 is 7.82 Å². The molecule has 39 heavy (non-hydrogen) atoms. The van der Waals surface area contributed by atoms with Crippen molar-refractivity contribution in [1.29, 1.82) is 0 Å². The maximum Gasteiger partial charge on any atom is 0.478 e. The van der Waals surface area contributed by atoms with Gasteiger partial charge in [0.2, 0.25) is 6.79 Å². The van der Waals surface area contributed by atoms with E-state index in [-0.39, 0.29) is 19.5 Å². The van der Waals surface area contributed by atoms with Gasteiger partial charge >= 0.3 is 19.9 Å². The quantitative estimate of drug-likeness (QED) is 0.0785. The molecule has 1 amide bonds. The molecule has 0 unspecified atom stereocenters. The normalized spacial score (nSPS) is 12.6. The Morgan fingerprint density at radius 3 is 2.00 bits per heavy atom. The Balaban J connectivity index is 3.04. The highest BCUT2D eigenvalue weighted by Gasteiger charge is 2.37. The Morgan fingerprint density at radius 2 is 1.49 bits per heavy atom. The number of hydrogen-bond donors (Lipinski definition) is 0. The summed E-state index contributed by atoms with van der Waals surface area (Å²) in [5.74, 6) is -0.458. The van der Waals surface area contributed by atoms with E-state index in [0.29, 0.717) is 13.2 Å². The lowest BCUT2D eigenvalue weighted by molar-refractivity contribution is -0.155. The zero-order valence-corrected chi connectivity index (χ0v) is 25.8. The summed E-state index contributed by atoms with van der Waals surface area (Å²) in [6, 6.07) is 7.47. The second kappa shape index (κ2) is 15.0. The first-order chi connectivity index (χ1) is 17.8. The van der Waals surface area contributed by atoms with Gasteiger partial charge in [0.1, 0.15) is 5.60 Å². The molecular formula is C28H46NO9P. The fraction of sp³-hybridized carbons (Fsp3) is 0.643. The van der Waals surface area contributed by atoms with Crippen LogP contribution in [-0.2, 0) is 50.3 Å². The lowest BCUT2D eigenvalue weighted by atomic mass is 10.1. The summed E-state index contributed by atoms with van der Waals surface area (Å²) >= 11 is 0. The molecule has 0 aliphatic carbocycles. The van der Waals surface area contributed by atoms with Gasteiger partial charge in [0.05, 0.1) is 30.8 Å². The van der Waals surface area contributed by atoms with Crippen LogP contribution in [0, 0.1) is 0 Å². The van der Waals surface area contributed by atoms with Gasteiger partial charge in [-0.05, 0) is 73.4 Å². The number of phosphoric ester groups is 1. The van der Waals surface area contributed by atoms with E-state index in [9.17, 15) is 14.2 Å². The van der Waals surface area contributed by atoms with Crippen molar-refractivity contribution in [2.45, 2.75) is 98.7 Å². The average Bonchev–Trinajstić information content (AvgIpc) is 2.73. The first-order valence-corrected chi connectivity index (χ1v) is 14.3. The Kier molecular flexibility index (Phi) is 13.3. The topological polar surface area (TPSA) is 110 Å². The van der Waals surface area contributed by atoms with Crippen LogP contribution in [0.1, 0.15) is 79.9 Å². The van der Waals surface area contributed by atoms with Gasteiger partial charge in [0.25, 0.3) is 0 Å². The SMILES string of the molecule is C=CCOCc1ccccc1CN(CCC(=O)OC(C)(C)C)C(=O)OCOP(=O)(OC(C)(C)C)OC(C)(C)C. The van der Waals surface area contributed by atoms with Crippen molar-refractivity contribution >= 4 is 19.9 Å². The van der Waals surface area contributed by atoms with Crippen molar-refractivity contribution in [3.8, 4) is 0 Å². The van der Waals surface area contributed by atoms with Crippen molar-refractivity contribution in [3.63, 3.8) is 0 Å². The third-order valence-corrected chi connectivity index (χ3v) is 6.37. The average molecular weight is 572 g/mol. The van der Waals surface area contributed by atoms with Crippen molar-refractivity contribution in [2.75, 3.05) is 19.9 Å². The molecule has 0 N–H and O–H groups in total. The molecule has 0 bridgehead atoms. The minimum Gasteiger partial charge on any atom is -0.460 e. The minimum atomic E-state index is -4.09. The number of benzene rings is 1. The molecule has 0 aliphatic rings. The fourth-order valence-electron chi connectivity index (χ4n) is 3.14. The van der Waals surface area contributed by atoms with Gasteiger partial charge in [-0.3, -0.25) is 13.8 Å². The summed E-state index contributed by atoms with van der Waals surface area (Å²) < 4.78 is 46.0. The maximum atomic E-state index is 13.3. The van der Waals surface area contributed by atoms with E-state index < -0.39 is 43.5 Å². The number of phosphoric acid groups is 1. The smallest absolute Gasteiger partial charge is 0.460 e. The Morgan fingerprint density at radius 1 is 0.923 bits per heavy atom. The zero-order chi connectivity index (χ0) is 29.9. The predicted molar refractivity (Wildman–Crippen MR) is 149 cm³/mol. The van der Waals surface area contributed by atoms with E-state index in [1.54, 1.807) is 68.4 Å². The molecular weight excluding hydrogens is 525 g/mol. The predicted octanol–water partition coefficient (Wildman–Crippen LogP) is 6.77. The van der Waals surface area contributed by atoms with Crippen LogP contribution in [0.4, 0.5) is 4.79 Å². The summed E-state index contributed by atoms with van der Waals surface area (Å²) in [5, 5.41) is 0. The molecule has 0 radical (unpaired) electrons. The number of ether oxygens (including phenoxy) is 3. The van der Waals surface area contributed by atoms with Gasteiger partial charge in [-0.15, -0.1) is 6.58 Å². The van der Waals surface area contributed by atoms with Crippen molar-refractivity contribution in [1.82, 2.24) is 4.90 Å². The Hall–Kier alpha value is -2.23. The van der Waals surface area contributed by atoms with Gasteiger partial charge in [-0.2, -0.15) is 0 Å². The van der Waals surface area contributed by atoms with Crippen LogP contribution in [0.5, 0.6) is 0 Å². The van der Waals surface area contributed by atoms with Crippen molar-refractivity contribution in [3.05, 3.63) is 48.0 Å². The van der Waals surface area contributed by atoms with Gasteiger partial charge in [0.15, 0.2) is 0 Å². The van der Waals surface area contributed by atoms with Crippen LogP contribution in [0.25, 0.3) is 0 Å². The highest BCUT2D eigenvalue weighted by molar-refractivity contribution is 7.48. The molecule has 0 saturated heterocycles. The van der Waals surface area contributed by atoms with Gasteiger partial charge < -0.3 is 19.1 Å². The van der Waals surface area contributed by atoms with E-state index in [1.165, 1.54) is 4.90 Å². The number of nitrogens with zero attached hydrogens (tertiary/aromatic N) is 1. The molecule has 1 aromatic carbocycles. The number of carbonyl (C=O) groups excluding carboxylic acids is 2. The summed E-state index contributed by atoms with van der Waals surface area (Å²) in [7, 11) is -4.09. The summed E-state index contributed by atoms with van der Waals surface area (Å²) in [5.41, 5.74) is -0.677. The summed E-state index contributed by atoms with van der Waals surface area (Å²) in [6.07, 6.45) is 0.818. The molecule has 0 spiro atoms. The number of carbonyl (C=O) groups is 2. The summed E-state index contributed by atoms with van der Waals surface area (Å²) in [6.45, 7) is 19.3. The van der Waals surface area contributed by atoms with E-state index >= 15 is 0 Å². The number of hydrogen-bond acceptors (Lipinski definition) is 9. The standard InChI is InChI=1S/C28H46NO9P/c1-11-18-33-20-23-15-13-12-14-22(23)19-29(17-16-24(30)36-26(2,3)4)25(31)34-21-35-39(32,37-27(5,6)7)38-28(8,9)10/h11-15H,1,16-21H2,2-10H3. The lowest BCUT2D eigenvalue weighted by Gasteiger charge is -2.31. The molecule has 0 atom stereocenters. The van der Waals surface area contributed by atoms with E-state index in [4.69, 9.17) is 27.8 Å². The molecule has 11 heteroatoms. The monoisotopic (exact) mass is 571 g/mol. The molecule has 0 aromatic heterocycles. The molecule has 0 aliphatic heterocycles. The van der Waals surface area contributed by atoms with Crippen LogP contribution < -0.4 is 0 Å². The van der Waals surface area contributed by atoms with Gasteiger partial charge in [-0.25, -0.2) is 13.9 Å². The van der Waals surface area contributed by atoms with Crippen molar-refractivity contribution in [2.24, 2.45) is 0 Å². The minimum absolute atomic E-state index is 0.0181. The highest BCUT2D eigenvalue weighted by atomic mass is 31.2. The molecule has 0 fully saturated rings. The van der Waals surface area contributed by atoms with Crippen LogP contribution in [0.2, 0.25) is 0 Å². The number of rotatable bonds is 14. The largest absolute Gasteiger partial charge is 0.478 e. The van der Waals surface area contributed by atoms with Gasteiger partial charge in [-0.1, -0.05) is 30.3 Å². The molecule has 10 nitrogen and oxygen atoms in total. The second-order valence-corrected chi connectivity index (χ2v) is 13.4. The first kappa shape index (κ1) is 34.8. The molecule has 1 aromatic rings. The molecule has 222 valence electrons. The lowest BCUT2D eigenvalue weighted by Crippen LogP contribution is -2.35.